The minimum Gasteiger partial charge on any atom is -0.260 e. The van der Waals surface area contributed by atoms with Crippen molar-refractivity contribution in [2.75, 3.05) is 0 Å². The Morgan fingerprint density at radius 2 is 1.55 bits per heavy atom. The average Bonchev–Trinajstić information content (AvgIpc) is 2.62. The molecule has 0 spiro atoms. The van der Waals surface area contributed by atoms with Crippen molar-refractivity contribution in [1.82, 2.24) is 4.98 Å². The van der Waals surface area contributed by atoms with E-state index in [-0.39, 0.29) is 16.7 Å². The molecule has 2 aromatic carbocycles. The lowest BCUT2D eigenvalue weighted by Crippen LogP contribution is -2.14. The highest BCUT2D eigenvalue weighted by Crippen LogP contribution is 2.32. The van der Waals surface area contributed by atoms with E-state index < -0.39 is 49.3 Å². The molecule has 0 radical (unpaired) electrons. The molecule has 9 heteroatoms. The number of sulfonamides is 1. The van der Waals surface area contributed by atoms with E-state index in [1.165, 1.54) is 6.20 Å². The second-order valence-electron chi connectivity index (χ2n) is 6.05. The summed E-state index contributed by atoms with van der Waals surface area (Å²) in [5, 5.41) is 5.00. The van der Waals surface area contributed by atoms with Crippen LogP contribution in [0.1, 0.15) is 16.7 Å². The smallest absolute Gasteiger partial charge is 0.238 e. The van der Waals surface area contributed by atoms with Gasteiger partial charge < -0.3 is 0 Å². The van der Waals surface area contributed by atoms with Crippen LogP contribution in [0.15, 0.2) is 47.6 Å². The molecule has 0 aliphatic rings. The number of rotatable bonds is 2. The number of halogens is 4. The highest BCUT2D eigenvalue weighted by molar-refractivity contribution is 7.89. The standard InChI is InChI=1S/C20H12F4N2O2S/c1-11-18(29(25,27)28)5-4-15(20(11)24)19-16(22)7-12(8-17(19)23)2-3-13-6-14(21)10-26-9-13/h4-10H,1H3,(H2,25,27,28). The van der Waals surface area contributed by atoms with Gasteiger partial charge in [-0.15, -0.1) is 0 Å². The number of aromatic nitrogens is 1. The summed E-state index contributed by atoms with van der Waals surface area (Å²) >= 11 is 0. The monoisotopic (exact) mass is 420 g/mol. The van der Waals surface area contributed by atoms with Crippen LogP contribution in [-0.4, -0.2) is 13.4 Å². The molecule has 0 fully saturated rings. The maximum atomic E-state index is 14.6. The van der Waals surface area contributed by atoms with Crippen LogP contribution in [-0.2, 0) is 10.0 Å². The third-order valence-corrected chi connectivity index (χ3v) is 5.07. The first-order valence-corrected chi connectivity index (χ1v) is 9.56. The summed E-state index contributed by atoms with van der Waals surface area (Å²) < 4.78 is 79.7. The second-order valence-corrected chi connectivity index (χ2v) is 7.58. The molecule has 148 valence electrons. The van der Waals surface area contributed by atoms with Crippen molar-refractivity contribution in [2.45, 2.75) is 11.8 Å². The fourth-order valence-corrected chi connectivity index (χ4v) is 3.47. The van der Waals surface area contributed by atoms with Crippen molar-refractivity contribution in [3.63, 3.8) is 0 Å². The minimum absolute atomic E-state index is 0.0636. The van der Waals surface area contributed by atoms with E-state index in [1.807, 2.05) is 0 Å². The quantitative estimate of drug-likeness (QED) is 0.508. The predicted molar refractivity (Wildman–Crippen MR) is 98.0 cm³/mol. The Morgan fingerprint density at radius 1 is 0.931 bits per heavy atom. The maximum Gasteiger partial charge on any atom is 0.238 e. The van der Waals surface area contributed by atoms with E-state index >= 15 is 0 Å². The Balaban J connectivity index is 2.07. The average molecular weight is 420 g/mol. The zero-order valence-corrected chi connectivity index (χ0v) is 15.6. The lowest BCUT2D eigenvalue weighted by molar-refractivity contribution is 0.576. The van der Waals surface area contributed by atoms with E-state index in [4.69, 9.17) is 5.14 Å². The fourth-order valence-electron chi connectivity index (χ4n) is 2.70. The van der Waals surface area contributed by atoms with E-state index in [2.05, 4.69) is 16.8 Å². The van der Waals surface area contributed by atoms with Gasteiger partial charge in [-0.1, -0.05) is 11.8 Å². The minimum atomic E-state index is -4.20. The molecule has 4 nitrogen and oxygen atoms in total. The van der Waals surface area contributed by atoms with Crippen molar-refractivity contribution in [1.29, 1.82) is 0 Å². The Bertz CT molecular complexity index is 1270. The summed E-state index contributed by atoms with van der Waals surface area (Å²) in [5.74, 6) is 1.07. The summed E-state index contributed by atoms with van der Waals surface area (Å²) in [7, 11) is -4.20. The van der Waals surface area contributed by atoms with E-state index in [1.54, 1.807) is 0 Å². The second kappa shape index (κ2) is 7.66. The third kappa shape index (κ3) is 4.29. The van der Waals surface area contributed by atoms with Gasteiger partial charge in [-0.3, -0.25) is 4.98 Å². The SMILES string of the molecule is Cc1c(S(N)(=O)=O)ccc(-c2c(F)cc(C#Cc3cncc(F)c3)cc2F)c1F. The van der Waals surface area contributed by atoms with Gasteiger partial charge in [0.05, 0.1) is 16.7 Å². The molecule has 1 aromatic heterocycles. The van der Waals surface area contributed by atoms with Crippen molar-refractivity contribution in [3.05, 3.63) is 82.7 Å². The molecule has 3 aromatic rings. The van der Waals surface area contributed by atoms with Gasteiger partial charge in [-0.2, -0.15) is 0 Å². The Kier molecular flexibility index (Phi) is 5.42. The highest BCUT2D eigenvalue weighted by atomic mass is 32.2. The molecule has 0 aliphatic heterocycles. The van der Waals surface area contributed by atoms with Gasteiger partial charge in [0.15, 0.2) is 0 Å². The molecule has 1 heterocycles. The molecule has 0 bridgehead atoms. The zero-order valence-electron chi connectivity index (χ0n) is 14.8. The zero-order chi connectivity index (χ0) is 21.3. The van der Waals surface area contributed by atoms with Crippen LogP contribution in [0.5, 0.6) is 0 Å². The van der Waals surface area contributed by atoms with Crippen LogP contribution in [0.2, 0.25) is 0 Å². The summed E-state index contributed by atoms with van der Waals surface area (Å²) in [5.41, 5.74) is -1.35. The highest BCUT2D eigenvalue weighted by Gasteiger charge is 2.22. The normalized spacial score (nSPS) is 11.1. The van der Waals surface area contributed by atoms with Gasteiger partial charge in [-0.25, -0.2) is 31.1 Å². The third-order valence-electron chi connectivity index (χ3n) is 4.01. The van der Waals surface area contributed by atoms with Crippen molar-refractivity contribution < 1.29 is 26.0 Å². The Hall–Kier alpha value is -3.22. The number of hydrogen-bond donors (Lipinski definition) is 1. The van der Waals surface area contributed by atoms with Crippen molar-refractivity contribution in [2.24, 2.45) is 5.14 Å². The maximum absolute atomic E-state index is 14.6. The van der Waals surface area contributed by atoms with Gasteiger partial charge in [0.1, 0.15) is 23.3 Å². The van der Waals surface area contributed by atoms with Crippen LogP contribution in [0.3, 0.4) is 0 Å². The topological polar surface area (TPSA) is 73.1 Å². The summed E-state index contributed by atoms with van der Waals surface area (Å²) in [6, 6.07) is 4.80. The Labute approximate surface area is 164 Å². The molecule has 0 unspecified atom stereocenters. The number of nitrogens with zero attached hydrogens (tertiary/aromatic N) is 1. The number of primary sulfonamides is 1. The molecule has 3 rings (SSSR count). The summed E-state index contributed by atoms with van der Waals surface area (Å²) in [6.45, 7) is 1.14. The molecule has 2 N–H and O–H groups in total. The number of pyridine rings is 1. The summed E-state index contributed by atoms with van der Waals surface area (Å²) in [6.07, 6.45) is 2.26. The molecule has 0 atom stereocenters. The first-order chi connectivity index (χ1) is 13.6. The largest absolute Gasteiger partial charge is 0.260 e. The van der Waals surface area contributed by atoms with Gasteiger partial charge in [0.2, 0.25) is 10.0 Å². The number of hydrogen-bond acceptors (Lipinski definition) is 3. The van der Waals surface area contributed by atoms with Crippen LogP contribution >= 0.6 is 0 Å². The van der Waals surface area contributed by atoms with E-state index in [0.717, 1.165) is 43.5 Å². The van der Waals surface area contributed by atoms with Crippen molar-refractivity contribution in [3.8, 4) is 23.0 Å². The Morgan fingerprint density at radius 3 is 2.14 bits per heavy atom. The number of nitrogens with two attached hydrogens (primary N) is 1. The van der Waals surface area contributed by atoms with Gasteiger partial charge in [0, 0.05) is 28.5 Å². The van der Waals surface area contributed by atoms with Gasteiger partial charge in [-0.05, 0) is 37.3 Å². The number of benzene rings is 2. The first-order valence-electron chi connectivity index (χ1n) is 8.02. The van der Waals surface area contributed by atoms with Crippen LogP contribution in [0, 0.1) is 42.0 Å². The predicted octanol–water partition coefficient (Wildman–Crippen LogP) is 3.66. The van der Waals surface area contributed by atoms with Gasteiger partial charge >= 0.3 is 0 Å². The van der Waals surface area contributed by atoms with Crippen LogP contribution in [0.4, 0.5) is 17.6 Å². The van der Waals surface area contributed by atoms with Crippen molar-refractivity contribution >= 4 is 10.0 Å². The molecule has 0 aliphatic carbocycles. The lowest BCUT2D eigenvalue weighted by Gasteiger charge is -2.11. The van der Waals surface area contributed by atoms with E-state index in [0.29, 0.717) is 0 Å². The molecule has 0 saturated heterocycles. The van der Waals surface area contributed by atoms with E-state index in [9.17, 15) is 26.0 Å². The summed E-state index contributed by atoms with van der Waals surface area (Å²) in [4.78, 5) is 3.13. The van der Waals surface area contributed by atoms with Crippen LogP contribution < -0.4 is 5.14 Å². The molecular formula is C20H12F4N2O2S. The first kappa shape index (κ1) is 20.5. The molecule has 29 heavy (non-hydrogen) atoms. The molecule has 0 saturated carbocycles. The lowest BCUT2D eigenvalue weighted by atomic mass is 9.99. The molecular weight excluding hydrogens is 408 g/mol. The van der Waals surface area contributed by atoms with Gasteiger partial charge in [0.25, 0.3) is 0 Å². The molecule has 0 amide bonds. The fraction of sp³-hybridized carbons (Fsp3) is 0.0500. The van der Waals surface area contributed by atoms with Crippen LogP contribution in [0.25, 0.3) is 11.1 Å².